The Hall–Kier alpha value is -2.23. The van der Waals surface area contributed by atoms with Gasteiger partial charge < -0.3 is 5.32 Å². The number of hydrogen-bond donors (Lipinski definition) is 1. The first-order valence-electron chi connectivity index (χ1n) is 8.03. The fraction of sp³-hybridized carbons (Fsp3) is 0.312. The average Bonchev–Trinajstić information content (AvgIpc) is 3.08. The standard InChI is InChI=1S/C16H18ClN5O3S/c1-12(23)20-13-4-6-14(7-5-13)26(24,25)22(21-8-2-3-9-21)16-10-15(17)18-11-19-16/h4-7,10-11H,2-3,8-9H2,1H3,(H,20,23). The van der Waals surface area contributed by atoms with Crippen molar-refractivity contribution in [2.75, 3.05) is 22.8 Å². The topological polar surface area (TPSA) is 95.5 Å². The Labute approximate surface area is 156 Å². The van der Waals surface area contributed by atoms with Gasteiger partial charge in [-0.05, 0) is 37.1 Å². The van der Waals surface area contributed by atoms with Crippen LogP contribution in [0, 0.1) is 0 Å². The van der Waals surface area contributed by atoms with Crippen molar-refractivity contribution in [2.45, 2.75) is 24.7 Å². The van der Waals surface area contributed by atoms with E-state index in [9.17, 15) is 13.2 Å². The normalized spacial score (nSPS) is 15.0. The highest BCUT2D eigenvalue weighted by atomic mass is 35.5. The lowest BCUT2D eigenvalue weighted by atomic mass is 10.3. The van der Waals surface area contributed by atoms with Crippen LogP contribution in [0.1, 0.15) is 19.8 Å². The van der Waals surface area contributed by atoms with Gasteiger partial charge in [-0.2, -0.15) is 12.8 Å². The maximum atomic E-state index is 13.3. The number of carbonyl (C=O) groups is 1. The molecule has 0 radical (unpaired) electrons. The number of nitrogens with one attached hydrogen (secondary N) is 1. The Morgan fingerprint density at radius 2 is 1.85 bits per heavy atom. The van der Waals surface area contributed by atoms with Crippen LogP contribution in [0.2, 0.25) is 5.15 Å². The molecule has 1 fully saturated rings. The molecule has 0 saturated carbocycles. The number of carbonyl (C=O) groups excluding carboxylic acids is 1. The quantitative estimate of drug-likeness (QED) is 0.780. The molecule has 3 rings (SSSR count). The van der Waals surface area contributed by atoms with E-state index >= 15 is 0 Å². The van der Waals surface area contributed by atoms with Crippen molar-refractivity contribution in [1.29, 1.82) is 0 Å². The van der Waals surface area contributed by atoms with Crippen LogP contribution in [0.4, 0.5) is 11.5 Å². The first-order chi connectivity index (χ1) is 12.4. The molecule has 1 N–H and O–H groups in total. The van der Waals surface area contributed by atoms with E-state index in [0.717, 1.165) is 12.8 Å². The Morgan fingerprint density at radius 1 is 1.19 bits per heavy atom. The molecule has 8 nitrogen and oxygen atoms in total. The van der Waals surface area contributed by atoms with Crippen molar-refractivity contribution in [3.63, 3.8) is 0 Å². The number of hydrogen-bond acceptors (Lipinski definition) is 6. The van der Waals surface area contributed by atoms with E-state index in [1.165, 1.54) is 35.9 Å². The molecule has 0 aliphatic carbocycles. The van der Waals surface area contributed by atoms with Crippen molar-refractivity contribution in [3.8, 4) is 0 Å². The van der Waals surface area contributed by atoms with Gasteiger partial charge in [0.25, 0.3) is 10.0 Å². The van der Waals surface area contributed by atoms with Gasteiger partial charge in [0.1, 0.15) is 11.5 Å². The molecule has 2 aromatic rings. The zero-order valence-corrected chi connectivity index (χ0v) is 15.7. The number of aromatic nitrogens is 2. The minimum absolute atomic E-state index is 0.0910. The summed E-state index contributed by atoms with van der Waals surface area (Å²) < 4.78 is 27.7. The van der Waals surface area contributed by atoms with Crippen molar-refractivity contribution >= 4 is 39.0 Å². The highest BCUT2D eigenvalue weighted by Crippen LogP contribution is 2.28. The number of halogens is 1. The number of sulfonamides is 1. The van der Waals surface area contributed by atoms with Gasteiger partial charge in [-0.3, -0.25) is 4.79 Å². The summed E-state index contributed by atoms with van der Waals surface area (Å²) in [6, 6.07) is 7.41. The molecular weight excluding hydrogens is 378 g/mol. The fourth-order valence-corrected chi connectivity index (χ4v) is 4.38. The highest BCUT2D eigenvalue weighted by molar-refractivity contribution is 7.92. The summed E-state index contributed by atoms with van der Waals surface area (Å²) in [6.07, 6.45) is 3.02. The van der Waals surface area contributed by atoms with Crippen molar-refractivity contribution in [3.05, 3.63) is 41.8 Å². The van der Waals surface area contributed by atoms with E-state index in [0.29, 0.717) is 18.8 Å². The van der Waals surface area contributed by atoms with Crippen LogP contribution >= 0.6 is 11.6 Å². The lowest BCUT2D eigenvalue weighted by Crippen LogP contribution is -2.45. The largest absolute Gasteiger partial charge is 0.326 e. The van der Waals surface area contributed by atoms with Crippen molar-refractivity contribution in [1.82, 2.24) is 15.0 Å². The van der Waals surface area contributed by atoms with Crippen LogP contribution in [-0.2, 0) is 14.8 Å². The van der Waals surface area contributed by atoms with Gasteiger partial charge in [0.05, 0.1) is 4.90 Å². The van der Waals surface area contributed by atoms with Gasteiger partial charge in [-0.1, -0.05) is 11.6 Å². The van der Waals surface area contributed by atoms with E-state index in [1.54, 1.807) is 17.1 Å². The number of benzene rings is 1. The minimum atomic E-state index is -3.90. The molecule has 0 unspecified atom stereocenters. The molecule has 138 valence electrons. The van der Waals surface area contributed by atoms with Gasteiger partial charge in [-0.15, -0.1) is 0 Å². The van der Waals surface area contributed by atoms with Gasteiger partial charge in [0.15, 0.2) is 5.82 Å². The van der Waals surface area contributed by atoms with E-state index in [1.807, 2.05) is 0 Å². The molecule has 2 heterocycles. The molecule has 0 spiro atoms. The molecule has 1 amide bonds. The molecule has 1 aliphatic rings. The molecule has 1 aromatic heterocycles. The van der Waals surface area contributed by atoms with E-state index in [2.05, 4.69) is 15.3 Å². The lowest BCUT2D eigenvalue weighted by Gasteiger charge is -2.31. The second kappa shape index (κ2) is 7.56. The van der Waals surface area contributed by atoms with Crippen LogP contribution < -0.4 is 9.73 Å². The van der Waals surface area contributed by atoms with Gasteiger partial charge in [0.2, 0.25) is 5.91 Å². The van der Waals surface area contributed by atoms with Crippen LogP contribution in [0.5, 0.6) is 0 Å². The van der Waals surface area contributed by atoms with Gasteiger partial charge in [-0.25, -0.2) is 15.0 Å². The summed E-state index contributed by atoms with van der Waals surface area (Å²) in [6.45, 7) is 2.59. The predicted molar refractivity (Wildman–Crippen MR) is 98.3 cm³/mol. The Kier molecular flexibility index (Phi) is 5.40. The van der Waals surface area contributed by atoms with Crippen LogP contribution in [0.25, 0.3) is 0 Å². The number of nitrogens with zero attached hydrogens (tertiary/aromatic N) is 4. The third-order valence-corrected chi connectivity index (χ3v) is 5.80. The van der Waals surface area contributed by atoms with Crippen molar-refractivity contribution in [2.24, 2.45) is 0 Å². The summed E-state index contributed by atoms with van der Waals surface area (Å²) in [5.74, 6) is -0.0345. The second-order valence-corrected chi connectivity index (χ2v) is 7.97. The molecule has 1 saturated heterocycles. The van der Waals surface area contributed by atoms with Gasteiger partial charge in [0, 0.05) is 31.8 Å². The molecule has 26 heavy (non-hydrogen) atoms. The van der Waals surface area contributed by atoms with Crippen molar-refractivity contribution < 1.29 is 13.2 Å². The molecule has 1 aliphatic heterocycles. The number of rotatable bonds is 5. The smallest absolute Gasteiger partial charge is 0.279 e. The van der Waals surface area contributed by atoms with E-state index in [4.69, 9.17) is 11.6 Å². The maximum Gasteiger partial charge on any atom is 0.279 e. The Bertz CT molecular complexity index is 898. The third-order valence-electron chi connectivity index (χ3n) is 3.85. The summed E-state index contributed by atoms with van der Waals surface area (Å²) in [4.78, 5) is 19.1. The first kappa shape index (κ1) is 18.6. The van der Waals surface area contributed by atoms with E-state index < -0.39 is 10.0 Å². The van der Waals surface area contributed by atoms with E-state index in [-0.39, 0.29) is 21.8 Å². The Balaban J connectivity index is 2.00. The van der Waals surface area contributed by atoms with Crippen LogP contribution in [0.15, 0.2) is 41.6 Å². The molecule has 1 aromatic carbocycles. The third kappa shape index (κ3) is 3.95. The molecule has 10 heteroatoms. The number of hydrazine groups is 1. The maximum absolute atomic E-state index is 13.3. The Morgan fingerprint density at radius 3 is 2.42 bits per heavy atom. The monoisotopic (exact) mass is 395 g/mol. The molecule has 0 atom stereocenters. The van der Waals surface area contributed by atoms with Gasteiger partial charge >= 0.3 is 0 Å². The summed E-state index contributed by atoms with van der Waals surface area (Å²) in [5.41, 5.74) is 0.522. The SMILES string of the molecule is CC(=O)Nc1ccc(S(=O)(=O)N(c2cc(Cl)ncn2)N2CCCC2)cc1. The predicted octanol–water partition coefficient (Wildman–Crippen LogP) is 2.29. The first-order valence-corrected chi connectivity index (χ1v) is 9.85. The summed E-state index contributed by atoms with van der Waals surface area (Å²) >= 11 is 5.93. The number of amides is 1. The van der Waals surface area contributed by atoms with Crippen LogP contribution in [0.3, 0.4) is 0 Å². The number of anilines is 2. The lowest BCUT2D eigenvalue weighted by molar-refractivity contribution is -0.114. The average molecular weight is 396 g/mol. The zero-order chi connectivity index (χ0) is 18.7. The zero-order valence-electron chi connectivity index (χ0n) is 14.1. The highest BCUT2D eigenvalue weighted by Gasteiger charge is 2.33. The summed E-state index contributed by atoms with van der Waals surface area (Å²) in [5, 5.41) is 4.51. The molecular formula is C16H18ClN5O3S. The fourth-order valence-electron chi connectivity index (χ4n) is 2.74. The van der Waals surface area contributed by atoms with Crippen LogP contribution in [-0.4, -0.2) is 42.4 Å². The second-order valence-electron chi connectivity index (χ2n) is 5.81. The summed E-state index contributed by atoms with van der Waals surface area (Å²) in [7, 11) is -3.90. The molecule has 0 bridgehead atoms. The minimum Gasteiger partial charge on any atom is -0.326 e.